The molecule has 112 valence electrons. The molecule has 0 fully saturated rings. The number of nitro groups is 1. The molecule has 0 bridgehead atoms. The van der Waals surface area contributed by atoms with Crippen LogP contribution in [0.5, 0.6) is 0 Å². The molecular weight excluding hydrogens is 276 g/mol. The molecule has 4 N–H and O–H groups in total. The zero-order valence-electron chi connectivity index (χ0n) is 11.7. The zero-order chi connectivity index (χ0) is 15.4. The van der Waals surface area contributed by atoms with Crippen LogP contribution in [0.25, 0.3) is 0 Å². The lowest BCUT2D eigenvalue weighted by atomic mass is 10.2. The average molecular weight is 292 g/mol. The van der Waals surface area contributed by atoms with E-state index >= 15 is 0 Å². The Morgan fingerprint density at radius 2 is 2.29 bits per heavy atom. The normalized spacial score (nSPS) is 10.4. The molecule has 0 spiro atoms. The molecule has 0 atom stereocenters. The number of nitrogens with one attached hydrogen (secondary N) is 2. The standard InChI is InChI=1S/C11H16N8O2/c1-3-8-7(6-18(2)17-8)4-13-10-9(19(20)21)5-14-11(15-10)16-12/h5-6H,3-4,12H2,1-2H3,(H2,13,14,15,16). The van der Waals surface area contributed by atoms with Crippen LogP contribution in [0.15, 0.2) is 12.4 Å². The molecule has 2 aromatic heterocycles. The van der Waals surface area contributed by atoms with Crippen molar-refractivity contribution in [1.82, 2.24) is 19.7 Å². The first-order valence-electron chi connectivity index (χ1n) is 6.28. The number of rotatable bonds is 6. The molecule has 10 heteroatoms. The Balaban J connectivity index is 2.23. The number of nitrogens with two attached hydrogens (primary N) is 1. The van der Waals surface area contributed by atoms with Crippen molar-refractivity contribution in [3.8, 4) is 0 Å². The van der Waals surface area contributed by atoms with Gasteiger partial charge in [-0.1, -0.05) is 6.92 Å². The van der Waals surface area contributed by atoms with Crippen molar-refractivity contribution >= 4 is 17.5 Å². The first kappa shape index (κ1) is 14.7. The van der Waals surface area contributed by atoms with Crippen LogP contribution in [0.2, 0.25) is 0 Å². The van der Waals surface area contributed by atoms with Crippen LogP contribution in [-0.2, 0) is 20.0 Å². The van der Waals surface area contributed by atoms with Gasteiger partial charge in [0.05, 0.1) is 10.6 Å². The molecule has 0 aliphatic rings. The first-order valence-corrected chi connectivity index (χ1v) is 6.28. The minimum atomic E-state index is -0.549. The van der Waals surface area contributed by atoms with E-state index in [0.717, 1.165) is 23.9 Å². The summed E-state index contributed by atoms with van der Waals surface area (Å²) < 4.78 is 1.71. The Kier molecular flexibility index (Phi) is 4.28. The fourth-order valence-corrected chi connectivity index (χ4v) is 1.92. The second kappa shape index (κ2) is 6.13. The third-order valence-corrected chi connectivity index (χ3v) is 2.87. The summed E-state index contributed by atoms with van der Waals surface area (Å²) in [4.78, 5) is 18.1. The maximum absolute atomic E-state index is 11.0. The minimum absolute atomic E-state index is 0.102. The van der Waals surface area contributed by atoms with Crippen LogP contribution in [0.4, 0.5) is 17.5 Å². The molecule has 0 saturated heterocycles. The molecule has 0 unspecified atom stereocenters. The monoisotopic (exact) mass is 292 g/mol. The van der Waals surface area contributed by atoms with Crippen molar-refractivity contribution < 1.29 is 4.92 Å². The molecule has 10 nitrogen and oxygen atoms in total. The Bertz CT molecular complexity index is 654. The van der Waals surface area contributed by atoms with E-state index < -0.39 is 4.92 Å². The quantitative estimate of drug-likeness (QED) is 0.399. The molecule has 2 heterocycles. The van der Waals surface area contributed by atoms with Crippen molar-refractivity contribution in [2.24, 2.45) is 12.9 Å². The van der Waals surface area contributed by atoms with Crippen LogP contribution >= 0.6 is 0 Å². The summed E-state index contributed by atoms with van der Waals surface area (Å²) in [5.41, 5.74) is 3.93. The lowest BCUT2D eigenvalue weighted by Gasteiger charge is -2.07. The molecular formula is C11H16N8O2. The summed E-state index contributed by atoms with van der Waals surface area (Å²) in [6.45, 7) is 2.37. The number of nitrogen functional groups attached to an aromatic ring is 1. The highest BCUT2D eigenvalue weighted by Gasteiger charge is 2.17. The topological polar surface area (TPSA) is 137 Å². The molecule has 0 saturated carbocycles. The van der Waals surface area contributed by atoms with Gasteiger partial charge >= 0.3 is 5.69 Å². The van der Waals surface area contributed by atoms with E-state index in [-0.39, 0.29) is 17.5 Å². The van der Waals surface area contributed by atoms with Crippen molar-refractivity contribution in [2.75, 3.05) is 10.7 Å². The summed E-state index contributed by atoms with van der Waals surface area (Å²) >= 11 is 0. The number of anilines is 2. The van der Waals surface area contributed by atoms with Crippen molar-refractivity contribution in [3.63, 3.8) is 0 Å². The number of hydrogen-bond acceptors (Lipinski definition) is 8. The second-order valence-electron chi connectivity index (χ2n) is 4.31. The highest BCUT2D eigenvalue weighted by atomic mass is 16.6. The summed E-state index contributed by atoms with van der Waals surface area (Å²) in [6, 6.07) is 0. The molecule has 2 aromatic rings. The van der Waals surface area contributed by atoms with Gasteiger partial charge < -0.3 is 5.32 Å². The molecule has 0 radical (unpaired) electrons. The lowest BCUT2D eigenvalue weighted by molar-refractivity contribution is -0.384. The third-order valence-electron chi connectivity index (χ3n) is 2.87. The van der Waals surface area contributed by atoms with E-state index in [1.807, 2.05) is 20.2 Å². The van der Waals surface area contributed by atoms with Crippen molar-refractivity contribution in [3.05, 3.63) is 33.8 Å². The molecule has 0 amide bonds. The summed E-state index contributed by atoms with van der Waals surface area (Å²) in [5, 5.41) is 18.2. The third kappa shape index (κ3) is 3.23. The van der Waals surface area contributed by atoms with Gasteiger partial charge in [-0.2, -0.15) is 10.1 Å². The fraction of sp³-hybridized carbons (Fsp3) is 0.364. The van der Waals surface area contributed by atoms with Crippen molar-refractivity contribution in [2.45, 2.75) is 19.9 Å². The Labute approximate surface area is 120 Å². The van der Waals surface area contributed by atoms with Gasteiger partial charge in [0.25, 0.3) is 0 Å². The van der Waals surface area contributed by atoms with Crippen molar-refractivity contribution in [1.29, 1.82) is 0 Å². The Hall–Kier alpha value is -2.75. The van der Waals surface area contributed by atoms with Gasteiger partial charge in [0, 0.05) is 25.4 Å². The molecule has 0 aliphatic heterocycles. The SMILES string of the molecule is CCc1nn(C)cc1CNc1nc(NN)ncc1[N+](=O)[O-]. The van der Waals surface area contributed by atoms with Crippen LogP contribution < -0.4 is 16.6 Å². The van der Waals surface area contributed by atoms with E-state index in [9.17, 15) is 10.1 Å². The summed E-state index contributed by atoms with van der Waals surface area (Å²) in [5.74, 6) is 5.42. The van der Waals surface area contributed by atoms with E-state index in [2.05, 4.69) is 25.8 Å². The number of hydrogen-bond donors (Lipinski definition) is 3. The highest BCUT2D eigenvalue weighted by molar-refractivity contribution is 5.57. The van der Waals surface area contributed by atoms with Gasteiger partial charge in [0.2, 0.25) is 11.8 Å². The van der Waals surface area contributed by atoms with Gasteiger partial charge in [-0.3, -0.25) is 20.2 Å². The number of hydrazine groups is 1. The largest absolute Gasteiger partial charge is 0.360 e. The summed E-state index contributed by atoms with van der Waals surface area (Å²) in [7, 11) is 1.83. The second-order valence-corrected chi connectivity index (χ2v) is 4.31. The number of aromatic nitrogens is 4. The smallest absolute Gasteiger partial charge is 0.329 e. The maximum atomic E-state index is 11.0. The molecule has 21 heavy (non-hydrogen) atoms. The predicted molar refractivity (Wildman–Crippen MR) is 76.4 cm³/mol. The van der Waals surface area contributed by atoms with E-state index in [1.165, 1.54) is 0 Å². The van der Waals surface area contributed by atoms with Gasteiger partial charge in [0.15, 0.2) is 0 Å². The lowest BCUT2D eigenvalue weighted by Crippen LogP contribution is -2.13. The summed E-state index contributed by atoms with van der Waals surface area (Å²) in [6.07, 6.45) is 3.74. The zero-order valence-corrected chi connectivity index (χ0v) is 11.7. The number of aryl methyl sites for hydroxylation is 2. The van der Waals surface area contributed by atoms with Crippen LogP contribution in [-0.4, -0.2) is 24.7 Å². The Morgan fingerprint density at radius 1 is 1.52 bits per heavy atom. The fourth-order valence-electron chi connectivity index (χ4n) is 1.92. The first-order chi connectivity index (χ1) is 10.0. The molecule has 2 rings (SSSR count). The maximum Gasteiger partial charge on any atom is 0.329 e. The van der Waals surface area contributed by atoms with Crippen LogP contribution in [0.3, 0.4) is 0 Å². The minimum Gasteiger partial charge on any atom is -0.360 e. The van der Waals surface area contributed by atoms with E-state index in [4.69, 9.17) is 5.84 Å². The Morgan fingerprint density at radius 3 is 2.90 bits per heavy atom. The van der Waals surface area contributed by atoms with Gasteiger partial charge in [0.1, 0.15) is 6.20 Å². The van der Waals surface area contributed by atoms with Crippen LogP contribution in [0.1, 0.15) is 18.2 Å². The van der Waals surface area contributed by atoms with E-state index in [1.54, 1.807) is 4.68 Å². The van der Waals surface area contributed by atoms with Crippen LogP contribution in [0, 0.1) is 10.1 Å². The highest BCUT2D eigenvalue weighted by Crippen LogP contribution is 2.22. The molecule has 0 aromatic carbocycles. The van der Waals surface area contributed by atoms with Gasteiger partial charge in [-0.15, -0.1) is 0 Å². The van der Waals surface area contributed by atoms with Gasteiger partial charge in [-0.25, -0.2) is 10.8 Å². The molecule has 0 aliphatic carbocycles. The van der Waals surface area contributed by atoms with Gasteiger partial charge in [-0.05, 0) is 6.42 Å². The predicted octanol–water partition coefficient (Wildman–Crippen LogP) is 0.578. The van der Waals surface area contributed by atoms with E-state index in [0.29, 0.717) is 6.54 Å². The number of nitrogens with zero attached hydrogens (tertiary/aromatic N) is 5. The average Bonchev–Trinajstić information content (AvgIpc) is 2.84.